The Kier molecular flexibility index (Phi) is 4.84. The Labute approximate surface area is 126 Å². The molecule has 0 saturated heterocycles. The van der Waals surface area contributed by atoms with Crippen LogP contribution < -0.4 is 0 Å². The number of benzene rings is 1. The average molecular weight is 305 g/mol. The summed E-state index contributed by atoms with van der Waals surface area (Å²) < 4.78 is 11.4. The van der Waals surface area contributed by atoms with Crippen LogP contribution in [0.15, 0.2) is 30.5 Å². The molecule has 0 bridgehead atoms. The molecule has 0 aliphatic carbocycles. The highest BCUT2D eigenvalue weighted by Gasteiger charge is 2.19. The fraction of sp³-hybridized carbons (Fsp3) is 0.286. The Balaban J connectivity index is 2.27. The SMILES string of the molecule is COCCOC(=O)c1cn(C)nc1-c1ccc([N+](=O)[O-])cc1. The molecule has 1 heterocycles. The van der Waals surface area contributed by atoms with Gasteiger partial charge in [-0.3, -0.25) is 14.8 Å². The lowest BCUT2D eigenvalue weighted by Gasteiger charge is -2.04. The van der Waals surface area contributed by atoms with Crippen molar-refractivity contribution in [3.8, 4) is 11.3 Å². The molecule has 8 heteroatoms. The van der Waals surface area contributed by atoms with Gasteiger partial charge in [-0.2, -0.15) is 5.10 Å². The van der Waals surface area contributed by atoms with E-state index in [1.165, 1.54) is 23.9 Å². The fourth-order valence-corrected chi connectivity index (χ4v) is 1.89. The van der Waals surface area contributed by atoms with Gasteiger partial charge in [-0.1, -0.05) is 0 Å². The largest absolute Gasteiger partial charge is 0.460 e. The van der Waals surface area contributed by atoms with Crippen LogP contribution >= 0.6 is 0 Å². The summed E-state index contributed by atoms with van der Waals surface area (Å²) in [6, 6.07) is 5.83. The second-order valence-corrected chi connectivity index (χ2v) is 4.50. The van der Waals surface area contributed by atoms with E-state index in [9.17, 15) is 14.9 Å². The lowest BCUT2D eigenvalue weighted by Crippen LogP contribution is -2.10. The number of rotatable bonds is 6. The van der Waals surface area contributed by atoms with Crippen molar-refractivity contribution >= 4 is 11.7 Å². The van der Waals surface area contributed by atoms with Crippen molar-refractivity contribution in [1.82, 2.24) is 9.78 Å². The van der Waals surface area contributed by atoms with Crippen LogP contribution in [0.4, 0.5) is 5.69 Å². The maximum Gasteiger partial charge on any atom is 0.342 e. The molecule has 0 aliphatic heterocycles. The summed E-state index contributed by atoms with van der Waals surface area (Å²) in [6.07, 6.45) is 1.55. The Bertz CT molecular complexity index is 678. The zero-order chi connectivity index (χ0) is 16.1. The molecule has 0 aliphatic rings. The monoisotopic (exact) mass is 305 g/mol. The summed E-state index contributed by atoms with van der Waals surface area (Å²) in [5.41, 5.74) is 1.29. The van der Waals surface area contributed by atoms with Crippen LogP contribution in [-0.2, 0) is 16.5 Å². The molecule has 0 fully saturated rings. The van der Waals surface area contributed by atoms with Gasteiger partial charge in [0.2, 0.25) is 0 Å². The molecule has 116 valence electrons. The van der Waals surface area contributed by atoms with Crippen LogP contribution in [0.2, 0.25) is 0 Å². The van der Waals surface area contributed by atoms with Crippen LogP contribution in [-0.4, -0.2) is 41.0 Å². The smallest absolute Gasteiger partial charge is 0.342 e. The van der Waals surface area contributed by atoms with Crippen molar-refractivity contribution in [3.05, 3.63) is 46.1 Å². The van der Waals surface area contributed by atoms with Gasteiger partial charge in [0.1, 0.15) is 17.9 Å². The maximum absolute atomic E-state index is 12.1. The zero-order valence-electron chi connectivity index (χ0n) is 12.2. The van der Waals surface area contributed by atoms with E-state index in [4.69, 9.17) is 9.47 Å². The first-order valence-corrected chi connectivity index (χ1v) is 6.47. The second-order valence-electron chi connectivity index (χ2n) is 4.50. The van der Waals surface area contributed by atoms with E-state index in [1.54, 1.807) is 25.4 Å². The highest BCUT2D eigenvalue weighted by molar-refractivity contribution is 5.96. The van der Waals surface area contributed by atoms with E-state index < -0.39 is 10.9 Å². The first-order chi connectivity index (χ1) is 10.5. The highest BCUT2D eigenvalue weighted by Crippen LogP contribution is 2.24. The standard InChI is InChI=1S/C14H15N3O5/c1-16-9-12(14(18)22-8-7-21-2)13(15-16)10-3-5-11(6-4-10)17(19)20/h3-6,9H,7-8H2,1-2H3. The van der Waals surface area contributed by atoms with Crippen molar-refractivity contribution in [2.45, 2.75) is 0 Å². The fourth-order valence-electron chi connectivity index (χ4n) is 1.89. The van der Waals surface area contributed by atoms with Gasteiger partial charge in [-0.05, 0) is 12.1 Å². The van der Waals surface area contributed by atoms with Crippen molar-refractivity contribution in [2.75, 3.05) is 20.3 Å². The quantitative estimate of drug-likeness (QED) is 0.349. The molecule has 0 spiro atoms. The minimum Gasteiger partial charge on any atom is -0.460 e. The predicted octanol–water partition coefficient (Wildman–Crippen LogP) is 1.80. The van der Waals surface area contributed by atoms with Crippen LogP contribution in [0.1, 0.15) is 10.4 Å². The van der Waals surface area contributed by atoms with E-state index in [0.717, 1.165) is 0 Å². The molecular formula is C14H15N3O5. The molecule has 2 rings (SSSR count). The third kappa shape index (κ3) is 3.47. The first-order valence-electron chi connectivity index (χ1n) is 6.47. The van der Waals surface area contributed by atoms with E-state index in [-0.39, 0.29) is 12.3 Å². The molecule has 0 saturated carbocycles. The summed E-state index contributed by atoms with van der Waals surface area (Å²) in [4.78, 5) is 22.3. The van der Waals surface area contributed by atoms with Crippen LogP contribution in [0.3, 0.4) is 0 Å². The summed E-state index contributed by atoms with van der Waals surface area (Å²) in [5, 5.41) is 14.9. The van der Waals surface area contributed by atoms with Gasteiger partial charge in [0, 0.05) is 38.1 Å². The Morgan fingerprint density at radius 1 is 1.32 bits per heavy atom. The number of non-ortho nitro benzene ring substituents is 1. The van der Waals surface area contributed by atoms with Crippen molar-refractivity contribution < 1.29 is 19.2 Å². The lowest BCUT2D eigenvalue weighted by molar-refractivity contribution is -0.384. The van der Waals surface area contributed by atoms with E-state index in [1.807, 2.05) is 0 Å². The minimum atomic E-state index is -0.515. The number of nitrogens with zero attached hydrogens (tertiary/aromatic N) is 3. The summed E-state index contributed by atoms with van der Waals surface area (Å²) >= 11 is 0. The Morgan fingerprint density at radius 3 is 2.59 bits per heavy atom. The van der Waals surface area contributed by atoms with E-state index >= 15 is 0 Å². The molecule has 1 aromatic carbocycles. The molecule has 22 heavy (non-hydrogen) atoms. The van der Waals surface area contributed by atoms with Crippen LogP contribution in [0.25, 0.3) is 11.3 Å². The maximum atomic E-state index is 12.1. The van der Waals surface area contributed by atoms with E-state index in [0.29, 0.717) is 23.4 Å². The molecule has 2 aromatic rings. The van der Waals surface area contributed by atoms with Gasteiger partial charge in [-0.25, -0.2) is 4.79 Å². The third-order valence-electron chi connectivity index (χ3n) is 2.92. The second kappa shape index (κ2) is 6.81. The molecule has 1 aromatic heterocycles. The lowest BCUT2D eigenvalue weighted by atomic mass is 10.1. The molecule has 0 N–H and O–H groups in total. The number of nitro benzene ring substituents is 1. The Hall–Kier alpha value is -2.74. The minimum absolute atomic E-state index is 0.0242. The van der Waals surface area contributed by atoms with Crippen LogP contribution in [0, 0.1) is 10.1 Å². The predicted molar refractivity (Wildman–Crippen MR) is 77.5 cm³/mol. The first kappa shape index (κ1) is 15.6. The van der Waals surface area contributed by atoms with Crippen molar-refractivity contribution in [2.24, 2.45) is 7.05 Å². The summed E-state index contributed by atoms with van der Waals surface area (Å²) in [7, 11) is 3.20. The topological polar surface area (TPSA) is 96.5 Å². The number of aromatic nitrogens is 2. The zero-order valence-corrected chi connectivity index (χ0v) is 12.2. The number of hydrogen-bond acceptors (Lipinski definition) is 6. The van der Waals surface area contributed by atoms with Crippen molar-refractivity contribution in [3.63, 3.8) is 0 Å². The molecular weight excluding hydrogens is 290 g/mol. The van der Waals surface area contributed by atoms with E-state index in [2.05, 4.69) is 5.10 Å². The number of methoxy groups -OCH3 is 1. The molecule has 0 atom stereocenters. The number of esters is 1. The van der Waals surface area contributed by atoms with Gasteiger partial charge in [-0.15, -0.1) is 0 Å². The number of aryl methyl sites for hydroxylation is 1. The average Bonchev–Trinajstić information content (AvgIpc) is 2.89. The number of hydrogen-bond donors (Lipinski definition) is 0. The summed E-state index contributed by atoms with van der Waals surface area (Å²) in [5.74, 6) is -0.515. The third-order valence-corrected chi connectivity index (χ3v) is 2.92. The molecule has 0 radical (unpaired) electrons. The number of carbonyl (C=O) groups is 1. The molecule has 0 amide bonds. The number of ether oxygens (including phenoxy) is 2. The van der Waals surface area contributed by atoms with Gasteiger partial charge in [0.25, 0.3) is 5.69 Å². The normalized spacial score (nSPS) is 10.5. The molecule has 0 unspecified atom stereocenters. The van der Waals surface area contributed by atoms with Crippen molar-refractivity contribution in [1.29, 1.82) is 0 Å². The van der Waals surface area contributed by atoms with Gasteiger partial charge in [0.15, 0.2) is 0 Å². The Morgan fingerprint density at radius 2 is 2.00 bits per heavy atom. The number of nitro groups is 1. The van der Waals surface area contributed by atoms with Gasteiger partial charge in [0.05, 0.1) is 11.5 Å². The highest BCUT2D eigenvalue weighted by atomic mass is 16.6. The summed E-state index contributed by atoms with van der Waals surface area (Å²) in [6.45, 7) is 0.447. The van der Waals surface area contributed by atoms with Crippen LogP contribution in [0.5, 0.6) is 0 Å². The molecule has 8 nitrogen and oxygen atoms in total. The van der Waals surface area contributed by atoms with Gasteiger partial charge < -0.3 is 9.47 Å². The van der Waals surface area contributed by atoms with Gasteiger partial charge >= 0.3 is 5.97 Å². The number of carbonyl (C=O) groups excluding carboxylic acids is 1.